The SMILES string of the molecule is CC(NC(=O)COc1c[nH]c(CO)cc1=O)c1ccccc1. The first kappa shape index (κ1) is 15.8. The van der Waals surface area contributed by atoms with Gasteiger partial charge >= 0.3 is 0 Å². The Bertz CT molecular complexity index is 682. The highest BCUT2D eigenvalue weighted by atomic mass is 16.5. The zero-order chi connectivity index (χ0) is 15.9. The lowest BCUT2D eigenvalue weighted by atomic mass is 10.1. The molecule has 3 N–H and O–H groups in total. The topological polar surface area (TPSA) is 91.4 Å². The molecule has 0 fully saturated rings. The Hall–Kier alpha value is -2.60. The molecule has 1 aromatic heterocycles. The molecule has 0 bridgehead atoms. The van der Waals surface area contributed by atoms with Crippen LogP contribution in [0.2, 0.25) is 0 Å². The van der Waals surface area contributed by atoms with Gasteiger partial charge in [-0.3, -0.25) is 9.59 Å². The number of aromatic nitrogens is 1. The summed E-state index contributed by atoms with van der Waals surface area (Å²) in [4.78, 5) is 26.2. The zero-order valence-electron chi connectivity index (χ0n) is 12.2. The minimum atomic E-state index is -0.383. The molecule has 0 spiro atoms. The van der Waals surface area contributed by atoms with Gasteiger partial charge in [-0.15, -0.1) is 0 Å². The number of carbonyl (C=O) groups excluding carboxylic acids is 1. The van der Waals surface area contributed by atoms with Gasteiger partial charge in [-0.1, -0.05) is 30.3 Å². The summed E-state index contributed by atoms with van der Waals surface area (Å²) in [6.45, 7) is 1.36. The Morgan fingerprint density at radius 2 is 2.09 bits per heavy atom. The number of aromatic amines is 1. The second-order valence-electron chi connectivity index (χ2n) is 4.83. The van der Waals surface area contributed by atoms with Gasteiger partial charge in [0.2, 0.25) is 5.43 Å². The summed E-state index contributed by atoms with van der Waals surface area (Å²) in [5, 5.41) is 11.7. The number of rotatable bonds is 6. The smallest absolute Gasteiger partial charge is 0.258 e. The molecule has 1 aromatic carbocycles. The molecule has 6 heteroatoms. The van der Waals surface area contributed by atoms with Gasteiger partial charge in [-0.25, -0.2) is 0 Å². The number of amides is 1. The number of benzene rings is 1. The van der Waals surface area contributed by atoms with Crippen molar-refractivity contribution in [2.45, 2.75) is 19.6 Å². The van der Waals surface area contributed by atoms with Crippen LogP contribution in [-0.4, -0.2) is 22.6 Å². The maximum Gasteiger partial charge on any atom is 0.258 e. The van der Waals surface area contributed by atoms with Gasteiger partial charge in [0.05, 0.1) is 12.6 Å². The number of H-pyrrole nitrogens is 1. The number of aliphatic hydroxyl groups excluding tert-OH is 1. The molecule has 0 aliphatic rings. The van der Waals surface area contributed by atoms with E-state index in [-0.39, 0.29) is 36.3 Å². The highest BCUT2D eigenvalue weighted by Gasteiger charge is 2.10. The lowest BCUT2D eigenvalue weighted by Gasteiger charge is -2.14. The predicted octanol–water partition coefficient (Wildman–Crippen LogP) is 1.12. The molecule has 2 aromatic rings. The molecule has 1 atom stereocenters. The summed E-state index contributed by atoms with van der Waals surface area (Å²) in [6.07, 6.45) is 1.34. The van der Waals surface area contributed by atoms with Crippen LogP contribution < -0.4 is 15.5 Å². The standard InChI is InChI=1S/C16H18N2O4/c1-11(12-5-3-2-4-6-12)18-16(21)10-22-15-8-17-13(9-19)7-14(15)20/h2-8,11,19H,9-10H2,1H3,(H,17,20)(H,18,21). The number of hydrogen-bond acceptors (Lipinski definition) is 4. The van der Waals surface area contributed by atoms with Crippen LogP contribution in [0.3, 0.4) is 0 Å². The molecule has 1 heterocycles. The molecule has 0 radical (unpaired) electrons. The summed E-state index contributed by atoms with van der Waals surface area (Å²) in [5.74, 6) is -0.276. The first-order chi connectivity index (χ1) is 10.6. The summed E-state index contributed by atoms with van der Waals surface area (Å²) < 4.78 is 5.20. The first-order valence-corrected chi connectivity index (χ1v) is 6.89. The lowest BCUT2D eigenvalue weighted by molar-refractivity contribution is -0.123. The maximum absolute atomic E-state index is 11.8. The number of pyridine rings is 1. The van der Waals surface area contributed by atoms with E-state index < -0.39 is 0 Å². The van der Waals surface area contributed by atoms with E-state index in [0.717, 1.165) is 5.56 Å². The molecule has 6 nitrogen and oxygen atoms in total. The van der Waals surface area contributed by atoms with Crippen LogP contribution in [0, 0.1) is 0 Å². The van der Waals surface area contributed by atoms with Crippen LogP contribution in [0.1, 0.15) is 24.2 Å². The van der Waals surface area contributed by atoms with Crippen molar-refractivity contribution in [3.8, 4) is 5.75 Å². The van der Waals surface area contributed by atoms with Crippen LogP contribution in [0.15, 0.2) is 47.4 Å². The molecule has 22 heavy (non-hydrogen) atoms. The van der Waals surface area contributed by atoms with E-state index in [9.17, 15) is 9.59 Å². The molecule has 1 amide bonds. The van der Waals surface area contributed by atoms with Crippen molar-refractivity contribution in [3.63, 3.8) is 0 Å². The number of carbonyl (C=O) groups is 1. The van der Waals surface area contributed by atoms with Gasteiger partial charge in [0.15, 0.2) is 12.4 Å². The molecule has 2 rings (SSSR count). The Morgan fingerprint density at radius 1 is 1.36 bits per heavy atom. The van der Waals surface area contributed by atoms with Crippen LogP contribution in [-0.2, 0) is 11.4 Å². The van der Waals surface area contributed by atoms with Crippen molar-refractivity contribution >= 4 is 5.91 Å². The van der Waals surface area contributed by atoms with Crippen LogP contribution in [0.25, 0.3) is 0 Å². The Kier molecular flexibility index (Phi) is 5.32. The minimum absolute atomic E-state index is 0.0414. The van der Waals surface area contributed by atoms with Gasteiger partial charge < -0.3 is 20.1 Å². The summed E-state index contributed by atoms with van der Waals surface area (Å²) in [7, 11) is 0. The average Bonchev–Trinajstić information content (AvgIpc) is 2.54. The Labute approximate surface area is 127 Å². The van der Waals surface area contributed by atoms with Crippen molar-refractivity contribution < 1.29 is 14.6 Å². The molecule has 0 saturated carbocycles. The van der Waals surface area contributed by atoms with E-state index in [0.29, 0.717) is 5.69 Å². The fraction of sp³-hybridized carbons (Fsp3) is 0.250. The van der Waals surface area contributed by atoms with E-state index in [1.165, 1.54) is 12.3 Å². The molecule has 1 unspecified atom stereocenters. The molecule has 0 aliphatic heterocycles. The summed E-state index contributed by atoms with van der Waals surface area (Å²) in [5.41, 5.74) is 0.993. The van der Waals surface area contributed by atoms with Gasteiger partial charge in [0, 0.05) is 18.0 Å². The van der Waals surface area contributed by atoms with E-state index in [1.54, 1.807) is 0 Å². The van der Waals surface area contributed by atoms with E-state index in [1.807, 2.05) is 37.3 Å². The third-order valence-corrected chi connectivity index (χ3v) is 3.14. The van der Waals surface area contributed by atoms with Crippen LogP contribution >= 0.6 is 0 Å². The second kappa shape index (κ2) is 7.42. The van der Waals surface area contributed by atoms with Gasteiger partial charge in [0.25, 0.3) is 5.91 Å². The van der Waals surface area contributed by atoms with Gasteiger partial charge in [-0.05, 0) is 12.5 Å². The summed E-state index contributed by atoms with van der Waals surface area (Å²) in [6, 6.07) is 10.6. The third kappa shape index (κ3) is 4.20. The Balaban J connectivity index is 1.89. The normalized spacial score (nSPS) is 11.7. The molecule has 0 saturated heterocycles. The number of nitrogens with one attached hydrogen (secondary N) is 2. The zero-order valence-corrected chi connectivity index (χ0v) is 12.2. The minimum Gasteiger partial charge on any atom is -0.478 e. The van der Waals surface area contributed by atoms with Crippen molar-refractivity contribution in [3.05, 3.63) is 64.1 Å². The second-order valence-corrected chi connectivity index (χ2v) is 4.83. The average molecular weight is 302 g/mol. The molecule has 116 valence electrons. The first-order valence-electron chi connectivity index (χ1n) is 6.89. The van der Waals surface area contributed by atoms with E-state index in [4.69, 9.17) is 9.84 Å². The summed E-state index contributed by atoms with van der Waals surface area (Å²) >= 11 is 0. The maximum atomic E-state index is 11.8. The monoisotopic (exact) mass is 302 g/mol. The number of ether oxygens (including phenoxy) is 1. The van der Waals surface area contributed by atoms with E-state index in [2.05, 4.69) is 10.3 Å². The lowest BCUT2D eigenvalue weighted by Crippen LogP contribution is -2.31. The van der Waals surface area contributed by atoms with Crippen LogP contribution in [0.4, 0.5) is 0 Å². The molecule has 0 aliphatic carbocycles. The van der Waals surface area contributed by atoms with Crippen molar-refractivity contribution in [2.75, 3.05) is 6.61 Å². The largest absolute Gasteiger partial charge is 0.478 e. The number of aliphatic hydroxyl groups is 1. The molecular formula is C16H18N2O4. The van der Waals surface area contributed by atoms with Crippen molar-refractivity contribution in [2.24, 2.45) is 0 Å². The fourth-order valence-corrected chi connectivity index (χ4v) is 1.96. The highest BCUT2D eigenvalue weighted by molar-refractivity contribution is 5.78. The number of hydrogen-bond donors (Lipinski definition) is 3. The van der Waals surface area contributed by atoms with Crippen molar-refractivity contribution in [1.82, 2.24) is 10.3 Å². The van der Waals surface area contributed by atoms with E-state index >= 15 is 0 Å². The highest BCUT2D eigenvalue weighted by Crippen LogP contribution is 2.10. The Morgan fingerprint density at radius 3 is 2.73 bits per heavy atom. The predicted molar refractivity (Wildman–Crippen MR) is 81.5 cm³/mol. The van der Waals surface area contributed by atoms with Gasteiger partial charge in [-0.2, -0.15) is 0 Å². The fourth-order valence-electron chi connectivity index (χ4n) is 1.96. The molecular weight excluding hydrogens is 284 g/mol. The third-order valence-electron chi connectivity index (χ3n) is 3.14. The van der Waals surface area contributed by atoms with Crippen molar-refractivity contribution in [1.29, 1.82) is 0 Å². The van der Waals surface area contributed by atoms with Crippen LogP contribution in [0.5, 0.6) is 5.75 Å². The quantitative estimate of drug-likeness (QED) is 0.746. The van der Waals surface area contributed by atoms with Gasteiger partial charge in [0.1, 0.15) is 0 Å².